The van der Waals surface area contributed by atoms with Crippen LogP contribution in [0.15, 0.2) is 48.7 Å². The summed E-state index contributed by atoms with van der Waals surface area (Å²) in [5.41, 5.74) is 3.30. The third-order valence-electron chi connectivity index (χ3n) is 4.74. The van der Waals surface area contributed by atoms with E-state index in [0.29, 0.717) is 17.5 Å². The second-order valence-electron chi connectivity index (χ2n) is 7.39. The van der Waals surface area contributed by atoms with Gasteiger partial charge in [-0.05, 0) is 43.2 Å². The van der Waals surface area contributed by atoms with E-state index in [4.69, 9.17) is 0 Å². The molecule has 3 heterocycles. The van der Waals surface area contributed by atoms with E-state index in [-0.39, 0.29) is 18.6 Å². The molecule has 1 aromatic carbocycles. The lowest BCUT2D eigenvalue weighted by molar-refractivity contribution is 0.248. The Bertz CT molecular complexity index is 1150. The Morgan fingerprint density at radius 1 is 1.03 bits per heavy atom. The molecule has 0 bridgehead atoms. The average Bonchev–Trinajstić information content (AvgIpc) is 3.11. The minimum absolute atomic E-state index is 0.00253. The molecule has 0 aliphatic carbocycles. The maximum Gasteiger partial charge on any atom is 0.225 e. The van der Waals surface area contributed by atoms with Crippen LogP contribution in [0.5, 0.6) is 0 Å². The molecular formula is C22H24N6OS. The number of aliphatic hydroxyl groups excluding tert-OH is 1. The highest BCUT2D eigenvalue weighted by Gasteiger charge is 2.15. The number of nitrogens with one attached hydrogen (secondary N) is 2. The number of pyridine rings is 1. The summed E-state index contributed by atoms with van der Waals surface area (Å²) in [6.45, 7) is 6.09. The van der Waals surface area contributed by atoms with Crippen LogP contribution in [-0.4, -0.2) is 37.7 Å². The zero-order valence-electron chi connectivity index (χ0n) is 17.1. The number of nitrogens with zero attached hydrogens (tertiary/aromatic N) is 4. The van der Waals surface area contributed by atoms with Crippen molar-refractivity contribution in [1.29, 1.82) is 0 Å². The number of rotatable bonds is 7. The van der Waals surface area contributed by atoms with Gasteiger partial charge in [-0.15, -0.1) is 11.3 Å². The van der Waals surface area contributed by atoms with Gasteiger partial charge < -0.3 is 15.7 Å². The second-order valence-corrected chi connectivity index (χ2v) is 8.63. The molecule has 0 fully saturated rings. The van der Waals surface area contributed by atoms with Gasteiger partial charge in [-0.3, -0.25) is 4.98 Å². The monoisotopic (exact) mass is 420 g/mol. The lowest BCUT2D eigenvalue weighted by Gasteiger charge is -2.20. The van der Waals surface area contributed by atoms with Gasteiger partial charge >= 0.3 is 0 Å². The van der Waals surface area contributed by atoms with Crippen LogP contribution in [0.4, 0.5) is 17.5 Å². The highest BCUT2D eigenvalue weighted by atomic mass is 32.1. The first kappa shape index (κ1) is 20.2. The van der Waals surface area contributed by atoms with E-state index in [1.807, 2.05) is 57.2 Å². The van der Waals surface area contributed by atoms with Crippen molar-refractivity contribution in [2.24, 2.45) is 5.92 Å². The van der Waals surface area contributed by atoms with Gasteiger partial charge in [-0.1, -0.05) is 19.9 Å². The number of fused-ring (bicyclic) bond motifs is 1. The van der Waals surface area contributed by atoms with Crippen molar-refractivity contribution in [2.75, 3.05) is 17.2 Å². The van der Waals surface area contributed by atoms with E-state index in [1.54, 1.807) is 17.5 Å². The maximum absolute atomic E-state index is 9.70. The summed E-state index contributed by atoms with van der Waals surface area (Å²) < 4.78 is 1.15. The summed E-state index contributed by atoms with van der Waals surface area (Å²) in [5, 5.41) is 17.3. The highest BCUT2D eigenvalue weighted by Crippen LogP contribution is 2.27. The minimum Gasteiger partial charge on any atom is -0.394 e. The van der Waals surface area contributed by atoms with Gasteiger partial charge in [0.25, 0.3) is 0 Å². The molecule has 0 radical (unpaired) electrons. The molecular weight excluding hydrogens is 396 g/mol. The van der Waals surface area contributed by atoms with Crippen molar-refractivity contribution in [3.8, 4) is 11.4 Å². The maximum atomic E-state index is 9.70. The summed E-state index contributed by atoms with van der Waals surface area (Å²) in [4.78, 5) is 18.2. The van der Waals surface area contributed by atoms with E-state index < -0.39 is 0 Å². The lowest BCUT2D eigenvalue weighted by Crippen LogP contribution is -2.30. The number of hydrogen-bond donors (Lipinski definition) is 3. The minimum atomic E-state index is -0.147. The zero-order valence-corrected chi connectivity index (χ0v) is 17.9. The molecule has 0 unspecified atom stereocenters. The number of aromatic nitrogens is 4. The Kier molecular flexibility index (Phi) is 5.87. The summed E-state index contributed by atoms with van der Waals surface area (Å²) in [5.74, 6) is 1.31. The van der Waals surface area contributed by atoms with Crippen LogP contribution in [0.2, 0.25) is 0 Å². The third kappa shape index (κ3) is 4.55. The first-order chi connectivity index (χ1) is 14.5. The SMILES string of the molecule is Cc1nc2cc(Nc3cc(-c4ccccn4)nc(N[C@H](CO)C(C)C)n3)ccc2s1. The first-order valence-electron chi connectivity index (χ1n) is 9.84. The number of aryl methyl sites for hydroxylation is 1. The fraction of sp³-hybridized carbons (Fsp3) is 0.273. The first-order valence-corrected chi connectivity index (χ1v) is 10.7. The fourth-order valence-electron chi connectivity index (χ4n) is 3.08. The van der Waals surface area contributed by atoms with Crippen LogP contribution >= 0.6 is 11.3 Å². The van der Waals surface area contributed by atoms with Gasteiger partial charge in [-0.2, -0.15) is 4.98 Å². The molecule has 3 N–H and O–H groups in total. The zero-order chi connectivity index (χ0) is 21.1. The van der Waals surface area contributed by atoms with Crippen molar-refractivity contribution < 1.29 is 5.11 Å². The van der Waals surface area contributed by atoms with E-state index in [2.05, 4.69) is 36.6 Å². The number of aliphatic hydroxyl groups is 1. The van der Waals surface area contributed by atoms with Crippen LogP contribution < -0.4 is 10.6 Å². The molecule has 7 nitrogen and oxygen atoms in total. The lowest BCUT2D eigenvalue weighted by atomic mass is 10.1. The van der Waals surface area contributed by atoms with Crippen LogP contribution in [0, 0.1) is 12.8 Å². The molecule has 0 saturated carbocycles. The van der Waals surface area contributed by atoms with E-state index in [1.165, 1.54) is 0 Å². The Labute approximate surface area is 179 Å². The van der Waals surface area contributed by atoms with Gasteiger partial charge in [0.15, 0.2) is 0 Å². The molecule has 3 aromatic heterocycles. The molecule has 0 aliphatic rings. The smallest absolute Gasteiger partial charge is 0.225 e. The van der Waals surface area contributed by atoms with Crippen molar-refractivity contribution in [1.82, 2.24) is 19.9 Å². The standard InChI is InChI=1S/C22H24N6OS/c1-13(2)19(12-29)27-22-26-17(16-6-4-5-9-23-16)11-21(28-22)25-15-7-8-20-18(10-15)24-14(3)30-20/h4-11,13,19,29H,12H2,1-3H3,(H2,25,26,27,28)/t19-/m1/s1. The topological polar surface area (TPSA) is 95.9 Å². The molecule has 4 rings (SSSR count). The second kappa shape index (κ2) is 8.73. The Balaban J connectivity index is 1.70. The molecule has 0 amide bonds. The van der Waals surface area contributed by atoms with Crippen molar-refractivity contribution in [3.05, 3.63) is 53.7 Å². The van der Waals surface area contributed by atoms with Crippen molar-refractivity contribution >= 4 is 39.0 Å². The number of anilines is 3. The van der Waals surface area contributed by atoms with Gasteiger partial charge in [0.05, 0.1) is 39.3 Å². The molecule has 4 aromatic rings. The number of benzene rings is 1. The van der Waals surface area contributed by atoms with Crippen LogP contribution in [0.1, 0.15) is 18.9 Å². The highest BCUT2D eigenvalue weighted by molar-refractivity contribution is 7.18. The van der Waals surface area contributed by atoms with Crippen molar-refractivity contribution in [3.63, 3.8) is 0 Å². The van der Waals surface area contributed by atoms with Gasteiger partial charge in [0, 0.05) is 18.0 Å². The molecule has 30 heavy (non-hydrogen) atoms. The van der Waals surface area contributed by atoms with Gasteiger partial charge in [0.2, 0.25) is 5.95 Å². The fourth-order valence-corrected chi connectivity index (χ4v) is 3.89. The van der Waals surface area contributed by atoms with Crippen molar-refractivity contribution in [2.45, 2.75) is 26.8 Å². The summed E-state index contributed by atoms with van der Waals surface area (Å²) in [7, 11) is 0. The van der Waals surface area contributed by atoms with E-state index >= 15 is 0 Å². The van der Waals surface area contributed by atoms with Crippen LogP contribution in [-0.2, 0) is 0 Å². The Hall–Kier alpha value is -3.10. The quantitative estimate of drug-likeness (QED) is 0.401. The largest absolute Gasteiger partial charge is 0.394 e. The Morgan fingerprint density at radius 2 is 1.90 bits per heavy atom. The molecule has 0 aliphatic heterocycles. The number of hydrogen-bond acceptors (Lipinski definition) is 8. The van der Waals surface area contributed by atoms with Crippen LogP contribution in [0.25, 0.3) is 21.6 Å². The average molecular weight is 421 g/mol. The molecule has 8 heteroatoms. The predicted molar refractivity (Wildman–Crippen MR) is 122 cm³/mol. The molecule has 0 spiro atoms. The predicted octanol–water partition coefficient (Wildman–Crippen LogP) is 4.63. The molecule has 154 valence electrons. The summed E-state index contributed by atoms with van der Waals surface area (Å²) in [6, 6.07) is 13.5. The van der Waals surface area contributed by atoms with Gasteiger partial charge in [-0.25, -0.2) is 9.97 Å². The van der Waals surface area contributed by atoms with Gasteiger partial charge in [0.1, 0.15) is 5.82 Å². The summed E-state index contributed by atoms with van der Waals surface area (Å²) in [6.07, 6.45) is 1.74. The number of thiazole rings is 1. The summed E-state index contributed by atoms with van der Waals surface area (Å²) >= 11 is 1.67. The van der Waals surface area contributed by atoms with Crippen LogP contribution in [0.3, 0.4) is 0 Å². The van der Waals surface area contributed by atoms with E-state index in [9.17, 15) is 5.11 Å². The van der Waals surface area contributed by atoms with E-state index in [0.717, 1.165) is 26.6 Å². The Morgan fingerprint density at radius 3 is 2.63 bits per heavy atom. The molecule has 1 atom stereocenters. The normalized spacial score (nSPS) is 12.3. The third-order valence-corrected chi connectivity index (χ3v) is 5.69. The molecule has 0 saturated heterocycles.